The molecule has 0 bridgehead atoms. The van der Waals surface area contributed by atoms with E-state index in [4.69, 9.17) is 0 Å². The molecule has 1 aliphatic carbocycles. The maximum absolute atomic E-state index is 13.5. The number of rotatable bonds is 6. The van der Waals surface area contributed by atoms with E-state index in [-0.39, 0.29) is 23.6 Å². The quantitative estimate of drug-likeness (QED) is 0.648. The topological polar surface area (TPSA) is 85.0 Å². The summed E-state index contributed by atoms with van der Waals surface area (Å²) in [5.74, 6) is -0.00229. The molecule has 0 aliphatic heterocycles. The Bertz CT molecular complexity index is 1090. The van der Waals surface area contributed by atoms with Gasteiger partial charge in [-0.1, -0.05) is 0 Å². The summed E-state index contributed by atoms with van der Waals surface area (Å²) in [5, 5.41) is 13.3. The third kappa shape index (κ3) is 3.87. The number of hydrogen-bond donors (Lipinski definition) is 2. The highest BCUT2D eigenvalue weighted by molar-refractivity contribution is 5.59. The molecule has 2 heterocycles. The van der Waals surface area contributed by atoms with E-state index in [9.17, 15) is 14.3 Å². The molecule has 1 unspecified atom stereocenters. The van der Waals surface area contributed by atoms with Gasteiger partial charge in [-0.15, -0.1) is 0 Å². The molecule has 7 nitrogen and oxygen atoms in total. The van der Waals surface area contributed by atoms with Crippen LogP contribution in [0.1, 0.15) is 46.1 Å². The monoisotopic (exact) mass is 411 g/mol. The van der Waals surface area contributed by atoms with Crippen LogP contribution in [-0.2, 0) is 0 Å². The maximum atomic E-state index is 13.5. The van der Waals surface area contributed by atoms with Crippen molar-refractivity contribution < 1.29 is 9.50 Å². The van der Waals surface area contributed by atoms with Crippen LogP contribution in [0, 0.1) is 5.82 Å². The summed E-state index contributed by atoms with van der Waals surface area (Å²) >= 11 is 0. The van der Waals surface area contributed by atoms with Crippen LogP contribution in [0.15, 0.2) is 47.5 Å². The lowest BCUT2D eigenvalue weighted by atomic mass is 9.93. The lowest BCUT2D eigenvalue weighted by molar-refractivity contribution is 0.0646. The van der Waals surface area contributed by atoms with Crippen LogP contribution in [0.25, 0.3) is 17.1 Å². The van der Waals surface area contributed by atoms with E-state index < -0.39 is 5.60 Å². The summed E-state index contributed by atoms with van der Waals surface area (Å²) in [6.07, 6.45) is 6.46. The molecule has 2 N–H and O–H groups in total. The van der Waals surface area contributed by atoms with Crippen molar-refractivity contribution in [1.29, 1.82) is 0 Å². The first kappa shape index (κ1) is 20.3. The van der Waals surface area contributed by atoms with Gasteiger partial charge in [-0.2, -0.15) is 0 Å². The highest BCUT2D eigenvalue weighted by atomic mass is 19.1. The number of benzene rings is 1. The van der Waals surface area contributed by atoms with Gasteiger partial charge < -0.3 is 10.4 Å². The molecule has 158 valence electrons. The van der Waals surface area contributed by atoms with E-state index in [0.717, 1.165) is 19.3 Å². The van der Waals surface area contributed by atoms with Crippen LogP contribution in [0.3, 0.4) is 0 Å². The SMILES string of the molecule is CC(Nc1nccc(-c2cn(C3CCC3)c(=O)n2-c2ccc(F)cc2)n1)C(C)(C)O. The third-order valence-corrected chi connectivity index (χ3v) is 5.79. The number of aromatic nitrogens is 4. The van der Waals surface area contributed by atoms with Crippen molar-refractivity contribution >= 4 is 5.95 Å². The Hall–Kier alpha value is -3.00. The highest BCUT2D eigenvalue weighted by Gasteiger charge is 2.26. The summed E-state index contributed by atoms with van der Waals surface area (Å²) in [6, 6.07) is 7.47. The molecular formula is C22H26FN5O2. The average Bonchev–Trinajstić information content (AvgIpc) is 2.98. The molecule has 2 aromatic heterocycles. The second kappa shape index (κ2) is 7.68. The van der Waals surface area contributed by atoms with Crippen molar-refractivity contribution in [2.24, 2.45) is 0 Å². The fraction of sp³-hybridized carbons (Fsp3) is 0.409. The van der Waals surface area contributed by atoms with E-state index in [1.165, 1.54) is 12.1 Å². The fourth-order valence-corrected chi connectivity index (χ4v) is 3.35. The Balaban J connectivity index is 1.79. The summed E-state index contributed by atoms with van der Waals surface area (Å²) in [5.41, 5.74) is 0.630. The Morgan fingerprint density at radius 3 is 2.53 bits per heavy atom. The first-order valence-corrected chi connectivity index (χ1v) is 10.2. The molecule has 1 aliphatic rings. The van der Waals surface area contributed by atoms with Gasteiger partial charge >= 0.3 is 5.69 Å². The van der Waals surface area contributed by atoms with Crippen molar-refractivity contribution in [2.45, 2.75) is 57.7 Å². The Morgan fingerprint density at radius 2 is 1.93 bits per heavy atom. The van der Waals surface area contributed by atoms with Crippen LogP contribution in [0.5, 0.6) is 0 Å². The van der Waals surface area contributed by atoms with Crippen LogP contribution >= 0.6 is 0 Å². The Morgan fingerprint density at radius 1 is 1.23 bits per heavy atom. The minimum absolute atomic E-state index is 0.167. The molecule has 1 saturated carbocycles. The van der Waals surface area contributed by atoms with Crippen LogP contribution < -0.4 is 11.0 Å². The van der Waals surface area contributed by atoms with Crippen molar-refractivity contribution in [1.82, 2.24) is 19.1 Å². The second-order valence-corrected chi connectivity index (χ2v) is 8.39. The molecule has 1 atom stereocenters. The van der Waals surface area contributed by atoms with Gasteiger partial charge in [-0.3, -0.25) is 9.13 Å². The van der Waals surface area contributed by atoms with Gasteiger partial charge in [0.2, 0.25) is 5.95 Å². The minimum Gasteiger partial charge on any atom is -0.388 e. The van der Waals surface area contributed by atoms with Gasteiger partial charge in [0.05, 0.1) is 28.7 Å². The second-order valence-electron chi connectivity index (χ2n) is 8.39. The molecule has 0 radical (unpaired) electrons. The molecule has 1 fully saturated rings. The fourth-order valence-electron chi connectivity index (χ4n) is 3.35. The van der Waals surface area contributed by atoms with Gasteiger partial charge in [0.25, 0.3) is 0 Å². The van der Waals surface area contributed by atoms with E-state index in [1.54, 1.807) is 47.4 Å². The van der Waals surface area contributed by atoms with Crippen LogP contribution in [-0.4, -0.2) is 35.9 Å². The Labute approximate surface area is 174 Å². The zero-order valence-electron chi connectivity index (χ0n) is 17.3. The normalized spacial score (nSPS) is 15.6. The van der Waals surface area contributed by atoms with Gasteiger partial charge in [-0.05, 0) is 70.4 Å². The van der Waals surface area contributed by atoms with Crippen molar-refractivity contribution in [3.8, 4) is 17.1 Å². The average molecular weight is 411 g/mol. The smallest absolute Gasteiger partial charge is 0.333 e. The van der Waals surface area contributed by atoms with Crippen molar-refractivity contribution in [2.75, 3.05) is 5.32 Å². The molecule has 8 heteroatoms. The van der Waals surface area contributed by atoms with E-state index in [2.05, 4.69) is 15.3 Å². The Kier molecular flexibility index (Phi) is 5.19. The van der Waals surface area contributed by atoms with Crippen LogP contribution in [0.2, 0.25) is 0 Å². The number of imidazole rings is 1. The largest absolute Gasteiger partial charge is 0.388 e. The van der Waals surface area contributed by atoms with Gasteiger partial charge in [0, 0.05) is 18.4 Å². The van der Waals surface area contributed by atoms with Gasteiger partial charge in [0.15, 0.2) is 0 Å². The van der Waals surface area contributed by atoms with E-state index in [0.29, 0.717) is 23.0 Å². The number of aliphatic hydroxyl groups is 1. The van der Waals surface area contributed by atoms with Gasteiger partial charge in [-0.25, -0.2) is 19.2 Å². The highest BCUT2D eigenvalue weighted by Crippen LogP contribution is 2.32. The van der Waals surface area contributed by atoms with Crippen molar-refractivity contribution in [3.63, 3.8) is 0 Å². The molecular weight excluding hydrogens is 385 g/mol. The minimum atomic E-state index is -0.955. The zero-order valence-corrected chi connectivity index (χ0v) is 17.3. The molecule has 30 heavy (non-hydrogen) atoms. The molecule has 1 aromatic carbocycles. The molecule has 4 rings (SSSR count). The number of anilines is 1. The predicted molar refractivity (Wildman–Crippen MR) is 113 cm³/mol. The third-order valence-electron chi connectivity index (χ3n) is 5.79. The molecule has 0 spiro atoms. The van der Waals surface area contributed by atoms with Crippen molar-refractivity contribution in [3.05, 3.63) is 59.0 Å². The first-order chi connectivity index (χ1) is 14.2. The van der Waals surface area contributed by atoms with Gasteiger partial charge in [0.1, 0.15) is 5.82 Å². The zero-order chi connectivity index (χ0) is 21.5. The molecule has 3 aromatic rings. The molecule has 0 saturated heterocycles. The molecule has 0 amide bonds. The number of nitrogens with zero attached hydrogens (tertiary/aromatic N) is 4. The summed E-state index contributed by atoms with van der Waals surface area (Å²) in [6.45, 7) is 5.26. The summed E-state index contributed by atoms with van der Waals surface area (Å²) in [7, 11) is 0. The summed E-state index contributed by atoms with van der Waals surface area (Å²) < 4.78 is 16.8. The van der Waals surface area contributed by atoms with Crippen LogP contribution in [0.4, 0.5) is 10.3 Å². The van der Waals surface area contributed by atoms with E-state index in [1.807, 2.05) is 13.1 Å². The maximum Gasteiger partial charge on any atom is 0.333 e. The lowest BCUT2D eigenvalue weighted by Gasteiger charge is -2.26. The predicted octanol–water partition coefficient (Wildman–Crippen LogP) is 3.53. The number of halogens is 1. The summed E-state index contributed by atoms with van der Waals surface area (Å²) in [4.78, 5) is 22.0. The van der Waals surface area contributed by atoms with E-state index >= 15 is 0 Å². The number of nitrogens with one attached hydrogen (secondary N) is 1. The number of hydrogen-bond acceptors (Lipinski definition) is 5. The standard InChI is InChI=1S/C22H26FN5O2/c1-14(22(2,3)30)25-20-24-12-11-18(26-20)19-13-27(16-5-4-6-16)21(29)28(19)17-9-7-15(23)8-10-17/h7-14,16,30H,4-6H2,1-3H3,(H,24,25,26). The lowest BCUT2D eigenvalue weighted by Crippen LogP contribution is -2.39. The first-order valence-electron chi connectivity index (χ1n) is 10.2.